The SMILES string of the molecule is Cn1nc(CC(=O)N(CC(=O)O)C2CC2)c2ccccc21. The third-order valence-corrected chi connectivity index (χ3v) is 3.77. The maximum Gasteiger partial charge on any atom is 0.323 e. The smallest absolute Gasteiger partial charge is 0.323 e. The lowest BCUT2D eigenvalue weighted by Gasteiger charge is -2.19. The molecule has 3 rings (SSSR count). The maximum atomic E-state index is 12.4. The molecule has 1 aliphatic carbocycles. The van der Waals surface area contributed by atoms with Crippen molar-refractivity contribution in [3.63, 3.8) is 0 Å². The Kier molecular flexibility index (Phi) is 3.37. The summed E-state index contributed by atoms with van der Waals surface area (Å²) in [7, 11) is 1.84. The number of para-hydroxylation sites is 1. The number of hydrogen-bond donors (Lipinski definition) is 1. The van der Waals surface area contributed by atoms with Crippen LogP contribution in [0.3, 0.4) is 0 Å². The molecule has 6 heteroatoms. The van der Waals surface area contributed by atoms with Crippen molar-refractivity contribution < 1.29 is 14.7 Å². The third kappa shape index (κ3) is 2.74. The van der Waals surface area contributed by atoms with Gasteiger partial charge in [-0.05, 0) is 18.9 Å². The Balaban J connectivity index is 1.83. The van der Waals surface area contributed by atoms with Gasteiger partial charge in [0.15, 0.2) is 0 Å². The fourth-order valence-corrected chi connectivity index (χ4v) is 2.62. The summed E-state index contributed by atoms with van der Waals surface area (Å²) in [5.74, 6) is -1.13. The Labute approximate surface area is 122 Å². The summed E-state index contributed by atoms with van der Waals surface area (Å²) in [6, 6.07) is 7.81. The van der Waals surface area contributed by atoms with E-state index < -0.39 is 5.97 Å². The van der Waals surface area contributed by atoms with Gasteiger partial charge >= 0.3 is 5.97 Å². The van der Waals surface area contributed by atoms with Gasteiger partial charge in [0.05, 0.1) is 17.6 Å². The minimum Gasteiger partial charge on any atom is -0.480 e. The molecule has 0 spiro atoms. The summed E-state index contributed by atoms with van der Waals surface area (Å²) >= 11 is 0. The molecule has 0 atom stereocenters. The fourth-order valence-electron chi connectivity index (χ4n) is 2.62. The largest absolute Gasteiger partial charge is 0.480 e. The molecule has 0 aliphatic heterocycles. The summed E-state index contributed by atoms with van der Waals surface area (Å²) in [5.41, 5.74) is 1.67. The molecule has 0 unspecified atom stereocenters. The predicted molar refractivity (Wildman–Crippen MR) is 76.8 cm³/mol. The Hall–Kier alpha value is -2.37. The summed E-state index contributed by atoms with van der Waals surface area (Å²) in [4.78, 5) is 24.8. The number of benzene rings is 1. The first kappa shape index (κ1) is 13.6. The standard InChI is InChI=1S/C15H17N3O3/c1-17-13-5-3-2-4-11(13)12(16-17)8-14(19)18(9-15(20)21)10-6-7-10/h2-5,10H,6-9H2,1H3,(H,20,21). The quantitative estimate of drug-likeness (QED) is 0.896. The number of aromatic nitrogens is 2. The van der Waals surface area contributed by atoms with Crippen LogP contribution in [0, 0.1) is 0 Å². The van der Waals surface area contributed by atoms with Crippen LogP contribution in [0.1, 0.15) is 18.5 Å². The number of carbonyl (C=O) groups excluding carboxylic acids is 1. The molecule has 1 heterocycles. The van der Waals surface area contributed by atoms with Crippen LogP contribution in [0.2, 0.25) is 0 Å². The average molecular weight is 287 g/mol. The van der Waals surface area contributed by atoms with Gasteiger partial charge in [-0.25, -0.2) is 0 Å². The highest BCUT2D eigenvalue weighted by molar-refractivity contribution is 5.89. The highest BCUT2D eigenvalue weighted by Crippen LogP contribution is 2.27. The van der Waals surface area contributed by atoms with Crippen molar-refractivity contribution in [2.24, 2.45) is 7.05 Å². The predicted octanol–water partition coefficient (Wildman–Crippen LogP) is 1.19. The fraction of sp³-hybridized carbons (Fsp3) is 0.400. The zero-order valence-corrected chi connectivity index (χ0v) is 11.8. The van der Waals surface area contributed by atoms with E-state index in [1.807, 2.05) is 31.3 Å². The van der Waals surface area contributed by atoms with E-state index in [0.717, 1.165) is 23.7 Å². The van der Waals surface area contributed by atoms with E-state index in [1.54, 1.807) is 4.68 Å². The van der Waals surface area contributed by atoms with Gasteiger partial charge in [-0.15, -0.1) is 0 Å². The number of carbonyl (C=O) groups is 2. The Bertz CT molecular complexity index is 703. The lowest BCUT2D eigenvalue weighted by molar-refractivity contribution is -0.144. The first-order valence-corrected chi connectivity index (χ1v) is 6.98. The minimum atomic E-state index is -0.971. The van der Waals surface area contributed by atoms with Crippen molar-refractivity contribution in [3.05, 3.63) is 30.0 Å². The van der Waals surface area contributed by atoms with E-state index in [0.29, 0.717) is 5.69 Å². The van der Waals surface area contributed by atoms with Crippen molar-refractivity contribution in [2.75, 3.05) is 6.54 Å². The van der Waals surface area contributed by atoms with E-state index in [1.165, 1.54) is 4.90 Å². The lowest BCUT2D eigenvalue weighted by Crippen LogP contribution is -2.38. The van der Waals surface area contributed by atoms with Gasteiger partial charge in [0, 0.05) is 18.5 Å². The van der Waals surface area contributed by atoms with E-state index in [4.69, 9.17) is 5.11 Å². The maximum absolute atomic E-state index is 12.4. The zero-order valence-electron chi connectivity index (χ0n) is 11.8. The van der Waals surface area contributed by atoms with Crippen LogP contribution in [-0.4, -0.2) is 44.3 Å². The number of nitrogens with zero attached hydrogens (tertiary/aromatic N) is 3. The highest BCUT2D eigenvalue weighted by atomic mass is 16.4. The zero-order chi connectivity index (χ0) is 15.0. The van der Waals surface area contributed by atoms with E-state index in [-0.39, 0.29) is 24.9 Å². The molecule has 1 amide bonds. The van der Waals surface area contributed by atoms with Crippen molar-refractivity contribution in [1.29, 1.82) is 0 Å². The van der Waals surface area contributed by atoms with Crippen LogP contribution in [0.15, 0.2) is 24.3 Å². The van der Waals surface area contributed by atoms with Gasteiger partial charge in [0.1, 0.15) is 6.54 Å². The van der Waals surface area contributed by atoms with Crippen molar-refractivity contribution in [2.45, 2.75) is 25.3 Å². The van der Waals surface area contributed by atoms with E-state index in [2.05, 4.69) is 5.10 Å². The van der Waals surface area contributed by atoms with E-state index in [9.17, 15) is 9.59 Å². The molecule has 1 saturated carbocycles. The monoisotopic (exact) mass is 287 g/mol. The summed E-state index contributed by atoms with van der Waals surface area (Å²) in [5, 5.41) is 14.3. The minimum absolute atomic E-state index is 0.0866. The number of carboxylic acid groups (broad SMARTS) is 1. The van der Waals surface area contributed by atoms with Crippen molar-refractivity contribution in [3.8, 4) is 0 Å². The molecule has 6 nitrogen and oxygen atoms in total. The van der Waals surface area contributed by atoms with Crippen LogP contribution in [0.25, 0.3) is 10.9 Å². The van der Waals surface area contributed by atoms with Crippen LogP contribution in [-0.2, 0) is 23.1 Å². The van der Waals surface area contributed by atoms with Gasteiger partial charge in [-0.1, -0.05) is 18.2 Å². The average Bonchev–Trinajstić information content (AvgIpc) is 3.23. The first-order chi connectivity index (χ1) is 10.1. The van der Waals surface area contributed by atoms with Crippen molar-refractivity contribution >= 4 is 22.8 Å². The second-order valence-corrected chi connectivity index (χ2v) is 5.41. The number of fused-ring (bicyclic) bond motifs is 1. The molecule has 0 saturated heterocycles. The Morgan fingerprint density at radius 2 is 2.10 bits per heavy atom. The van der Waals surface area contributed by atoms with Crippen LogP contribution < -0.4 is 0 Å². The number of hydrogen-bond acceptors (Lipinski definition) is 3. The number of amides is 1. The molecule has 2 aromatic rings. The molecular weight excluding hydrogens is 270 g/mol. The molecule has 1 N–H and O–H groups in total. The van der Waals surface area contributed by atoms with Gasteiger partial charge in [0.2, 0.25) is 5.91 Å². The molecule has 110 valence electrons. The van der Waals surface area contributed by atoms with E-state index >= 15 is 0 Å². The normalized spacial score (nSPS) is 14.3. The lowest BCUT2D eigenvalue weighted by atomic mass is 10.1. The second-order valence-electron chi connectivity index (χ2n) is 5.41. The second kappa shape index (κ2) is 5.20. The number of aryl methyl sites for hydroxylation is 1. The van der Waals surface area contributed by atoms with Gasteiger partial charge < -0.3 is 10.0 Å². The molecule has 1 aromatic carbocycles. The first-order valence-electron chi connectivity index (χ1n) is 6.98. The van der Waals surface area contributed by atoms with Gasteiger partial charge in [-0.2, -0.15) is 5.10 Å². The Morgan fingerprint density at radius 3 is 2.76 bits per heavy atom. The molecule has 21 heavy (non-hydrogen) atoms. The van der Waals surface area contributed by atoms with Gasteiger partial charge in [-0.3, -0.25) is 14.3 Å². The molecule has 0 radical (unpaired) electrons. The summed E-state index contributed by atoms with van der Waals surface area (Å²) in [6.45, 7) is -0.228. The van der Waals surface area contributed by atoms with Crippen LogP contribution >= 0.6 is 0 Å². The molecule has 1 aliphatic rings. The topological polar surface area (TPSA) is 75.4 Å². The van der Waals surface area contributed by atoms with Crippen molar-refractivity contribution in [1.82, 2.24) is 14.7 Å². The molecule has 0 bridgehead atoms. The summed E-state index contributed by atoms with van der Waals surface area (Å²) in [6.07, 6.45) is 1.93. The third-order valence-electron chi connectivity index (χ3n) is 3.77. The van der Waals surface area contributed by atoms with Crippen LogP contribution in [0.5, 0.6) is 0 Å². The number of carboxylic acids is 1. The Morgan fingerprint density at radius 1 is 1.38 bits per heavy atom. The van der Waals surface area contributed by atoms with Gasteiger partial charge in [0.25, 0.3) is 0 Å². The summed E-state index contributed by atoms with van der Waals surface area (Å²) < 4.78 is 1.75. The number of aliphatic carboxylic acids is 1. The van der Waals surface area contributed by atoms with Crippen LogP contribution in [0.4, 0.5) is 0 Å². The molecule has 1 aromatic heterocycles. The molecular formula is C15H17N3O3. The molecule has 1 fully saturated rings. The number of rotatable bonds is 5. The highest BCUT2D eigenvalue weighted by Gasteiger charge is 2.34.